The molecule has 0 radical (unpaired) electrons. The normalized spacial score (nSPS) is 11.5. The first-order valence-corrected chi connectivity index (χ1v) is 10.1. The average molecular weight is 436 g/mol. The fraction of sp³-hybridized carbons (Fsp3) is 0.421. The molecule has 3 amide bonds. The minimum absolute atomic E-state index is 0.202. The molecule has 2 aromatic rings. The van der Waals surface area contributed by atoms with Crippen LogP contribution in [-0.4, -0.2) is 54.4 Å². The molecule has 0 aliphatic rings. The van der Waals surface area contributed by atoms with Crippen LogP contribution >= 0.6 is 11.3 Å². The van der Waals surface area contributed by atoms with Gasteiger partial charge in [-0.25, -0.2) is 4.79 Å². The number of nitrogens with zero attached hydrogens (tertiary/aromatic N) is 2. The van der Waals surface area contributed by atoms with Crippen molar-refractivity contribution in [3.63, 3.8) is 0 Å². The Morgan fingerprint density at radius 1 is 1.13 bits per heavy atom. The van der Waals surface area contributed by atoms with Crippen LogP contribution in [0.5, 0.6) is 5.75 Å². The quantitative estimate of drug-likeness (QED) is 0.514. The van der Waals surface area contributed by atoms with Gasteiger partial charge in [0.15, 0.2) is 0 Å². The lowest BCUT2D eigenvalue weighted by Gasteiger charge is -2.21. The third-order valence-electron chi connectivity index (χ3n) is 3.93. The Morgan fingerprint density at radius 3 is 2.43 bits per heavy atom. The van der Waals surface area contributed by atoms with Gasteiger partial charge in [0.1, 0.15) is 23.3 Å². The maximum Gasteiger partial charge on any atom is 0.325 e. The van der Waals surface area contributed by atoms with Crippen molar-refractivity contribution in [3.8, 4) is 16.3 Å². The molecule has 1 heterocycles. The second kappa shape index (κ2) is 11.1. The zero-order chi connectivity index (χ0) is 22.1. The molecule has 2 rings (SSSR count). The molecule has 10 nitrogen and oxygen atoms in total. The minimum atomic E-state index is -0.833. The van der Waals surface area contributed by atoms with E-state index in [1.807, 2.05) is 24.3 Å². The van der Waals surface area contributed by atoms with Crippen LogP contribution in [0.4, 0.5) is 9.93 Å². The Hall–Kier alpha value is -3.21. The highest BCUT2D eigenvalue weighted by Crippen LogP contribution is 2.27. The molecule has 0 saturated heterocycles. The maximum absolute atomic E-state index is 12.6. The first-order valence-electron chi connectivity index (χ1n) is 9.32. The summed E-state index contributed by atoms with van der Waals surface area (Å²) < 4.78 is 9.87. The van der Waals surface area contributed by atoms with Gasteiger partial charge >= 0.3 is 12.0 Å². The lowest BCUT2D eigenvalue weighted by molar-refractivity contribution is -0.141. The minimum Gasteiger partial charge on any atom is -0.497 e. The summed E-state index contributed by atoms with van der Waals surface area (Å²) in [6.07, 6.45) is 0. The van der Waals surface area contributed by atoms with Crippen molar-refractivity contribution in [2.75, 3.05) is 25.6 Å². The number of carbonyl (C=O) groups excluding carboxylic acids is 3. The van der Waals surface area contributed by atoms with E-state index in [9.17, 15) is 14.4 Å². The van der Waals surface area contributed by atoms with Crippen LogP contribution < -0.4 is 20.7 Å². The largest absolute Gasteiger partial charge is 0.497 e. The van der Waals surface area contributed by atoms with Gasteiger partial charge in [-0.3, -0.25) is 14.9 Å². The molecular weight excluding hydrogens is 410 g/mol. The number of ether oxygens (including phenoxy) is 2. The van der Waals surface area contributed by atoms with Gasteiger partial charge in [-0.15, -0.1) is 10.2 Å². The number of aromatic nitrogens is 2. The lowest BCUT2D eigenvalue weighted by Crippen LogP contribution is -2.51. The first-order chi connectivity index (χ1) is 14.3. The molecule has 1 unspecified atom stereocenters. The summed E-state index contributed by atoms with van der Waals surface area (Å²) in [4.78, 5) is 36.0. The summed E-state index contributed by atoms with van der Waals surface area (Å²) >= 11 is 1.21. The Balaban J connectivity index is 1.97. The van der Waals surface area contributed by atoms with Crippen molar-refractivity contribution in [1.29, 1.82) is 0 Å². The maximum atomic E-state index is 12.6. The fourth-order valence-corrected chi connectivity index (χ4v) is 3.15. The Labute approximate surface area is 178 Å². The number of esters is 1. The van der Waals surface area contributed by atoms with E-state index < -0.39 is 23.9 Å². The third kappa shape index (κ3) is 6.69. The average Bonchev–Trinajstić information content (AvgIpc) is 3.18. The van der Waals surface area contributed by atoms with Crippen LogP contribution in [0.3, 0.4) is 0 Å². The third-order valence-corrected chi connectivity index (χ3v) is 4.81. The number of urea groups is 1. The van der Waals surface area contributed by atoms with Gasteiger partial charge < -0.3 is 20.1 Å². The standard InChI is InChI=1S/C19H25N5O5S/c1-5-29-14(25)10-20-18(27)21-15(11(2)3)16(26)22-19-24-23-17(30-19)12-6-8-13(28-4)9-7-12/h6-9,11,15H,5,10H2,1-4H3,(H2,20,21,27)(H,22,24,26). The van der Waals surface area contributed by atoms with Crippen LogP contribution in [0, 0.1) is 5.92 Å². The Kier molecular flexibility index (Phi) is 8.54. The van der Waals surface area contributed by atoms with Crippen molar-refractivity contribution in [2.45, 2.75) is 26.8 Å². The lowest BCUT2D eigenvalue weighted by atomic mass is 10.0. The molecule has 11 heteroatoms. The highest BCUT2D eigenvalue weighted by atomic mass is 32.1. The predicted molar refractivity (Wildman–Crippen MR) is 112 cm³/mol. The highest BCUT2D eigenvalue weighted by molar-refractivity contribution is 7.18. The van der Waals surface area contributed by atoms with Gasteiger partial charge in [-0.1, -0.05) is 25.2 Å². The monoisotopic (exact) mass is 435 g/mol. The van der Waals surface area contributed by atoms with E-state index in [2.05, 4.69) is 26.1 Å². The molecule has 0 fully saturated rings. The predicted octanol–water partition coefficient (Wildman–Crippen LogP) is 2.04. The van der Waals surface area contributed by atoms with Gasteiger partial charge in [-0.2, -0.15) is 0 Å². The molecule has 162 valence electrons. The number of nitrogens with one attached hydrogen (secondary N) is 3. The molecule has 0 bridgehead atoms. The van der Waals surface area contributed by atoms with Crippen LogP contribution in [0.25, 0.3) is 10.6 Å². The number of methoxy groups -OCH3 is 1. The fourth-order valence-electron chi connectivity index (χ4n) is 2.40. The first kappa shape index (κ1) is 23.1. The molecule has 1 aromatic heterocycles. The summed E-state index contributed by atoms with van der Waals surface area (Å²) in [6.45, 7) is 5.19. The van der Waals surface area contributed by atoms with Gasteiger partial charge in [0.05, 0.1) is 13.7 Å². The van der Waals surface area contributed by atoms with Gasteiger partial charge in [0.25, 0.3) is 0 Å². The van der Waals surface area contributed by atoms with Gasteiger partial charge in [0, 0.05) is 5.56 Å². The number of hydrogen-bond acceptors (Lipinski definition) is 8. The van der Waals surface area contributed by atoms with E-state index in [0.29, 0.717) is 10.1 Å². The summed E-state index contributed by atoms with van der Waals surface area (Å²) in [7, 11) is 1.59. The number of carbonyl (C=O) groups is 3. The number of benzene rings is 1. The van der Waals surface area contributed by atoms with Crippen molar-refractivity contribution >= 4 is 34.4 Å². The number of rotatable bonds is 9. The van der Waals surface area contributed by atoms with Crippen LogP contribution in [0.2, 0.25) is 0 Å². The molecule has 1 aromatic carbocycles. The van der Waals surface area contributed by atoms with E-state index in [0.717, 1.165) is 11.3 Å². The van der Waals surface area contributed by atoms with E-state index >= 15 is 0 Å². The number of anilines is 1. The van der Waals surface area contributed by atoms with Crippen LogP contribution in [0.1, 0.15) is 20.8 Å². The summed E-state index contributed by atoms with van der Waals surface area (Å²) in [5.74, 6) is -0.469. The van der Waals surface area contributed by atoms with Gasteiger partial charge in [-0.05, 0) is 37.1 Å². The highest BCUT2D eigenvalue weighted by Gasteiger charge is 2.25. The molecule has 0 saturated carbocycles. The molecule has 0 aliphatic heterocycles. The molecule has 0 aliphatic carbocycles. The van der Waals surface area contributed by atoms with Crippen molar-refractivity contribution in [2.24, 2.45) is 5.92 Å². The van der Waals surface area contributed by atoms with E-state index in [1.165, 1.54) is 11.3 Å². The molecule has 3 N–H and O–H groups in total. The van der Waals surface area contributed by atoms with Crippen molar-refractivity contribution in [1.82, 2.24) is 20.8 Å². The summed E-state index contributed by atoms with van der Waals surface area (Å²) in [6, 6.07) is 5.83. The van der Waals surface area contributed by atoms with E-state index in [-0.39, 0.29) is 19.1 Å². The van der Waals surface area contributed by atoms with E-state index in [1.54, 1.807) is 27.9 Å². The Bertz CT molecular complexity index is 868. The second-order valence-corrected chi connectivity index (χ2v) is 7.46. The Morgan fingerprint density at radius 2 is 1.83 bits per heavy atom. The van der Waals surface area contributed by atoms with Crippen LogP contribution in [0.15, 0.2) is 24.3 Å². The van der Waals surface area contributed by atoms with Crippen molar-refractivity contribution in [3.05, 3.63) is 24.3 Å². The number of hydrogen-bond donors (Lipinski definition) is 3. The smallest absolute Gasteiger partial charge is 0.325 e. The van der Waals surface area contributed by atoms with Crippen molar-refractivity contribution < 1.29 is 23.9 Å². The molecular formula is C19H25N5O5S. The van der Waals surface area contributed by atoms with E-state index in [4.69, 9.17) is 9.47 Å². The zero-order valence-corrected chi connectivity index (χ0v) is 18.0. The zero-order valence-electron chi connectivity index (χ0n) is 17.2. The molecule has 30 heavy (non-hydrogen) atoms. The van der Waals surface area contributed by atoms with Crippen LogP contribution in [-0.2, 0) is 14.3 Å². The molecule has 1 atom stereocenters. The summed E-state index contributed by atoms with van der Waals surface area (Å²) in [5.41, 5.74) is 0.839. The topological polar surface area (TPSA) is 132 Å². The second-order valence-electron chi connectivity index (χ2n) is 6.48. The number of amides is 3. The SMILES string of the molecule is CCOC(=O)CNC(=O)NC(C(=O)Nc1nnc(-c2ccc(OC)cc2)s1)C(C)C. The molecule has 0 spiro atoms. The summed E-state index contributed by atoms with van der Waals surface area (Å²) in [5, 5.41) is 16.6. The van der Waals surface area contributed by atoms with Gasteiger partial charge in [0.2, 0.25) is 11.0 Å².